The molecule has 0 bridgehead atoms. The summed E-state index contributed by atoms with van der Waals surface area (Å²) in [5.74, 6) is 1.56. The molecule has 2 N–H and O–H groups in total. The van der Waals surface area contributed by atoms with E-state index in [2.05, 4.69) is 13.8 Å². The Labute approximate surface area is 97.6 Å². The lowest BCUT2D eigenvalue weighted by Gasteiger charge is -2.18. The van der Waals surface area contributed by atoms with E-state index in [1.807, 2.05) is 18.2 Å². The van der Waals surface area contributed by atoms with Crippen molar-refractivity contribution in [2.75, 3.05) is 7.11 Å². The van der Waals surface area contributed by atoms with Gasteiger partial charge in [-0.15, -0.1) is 0 Å². The molecule has 0 amide bonds. The van der Waals surface area contributed by atoms with Gasteiger partial charge in [-0.2, -0.15) is 0 Å². The number of benzene rings is 1. The zero-order valence-electron chi connectivity index (χ0n) is 10.3. The summed E-state index contributed by atoms with van der Waals surface area (Å²) >= 11 is 0. The summed E-state index contributed by atoms with van der Waals surface area (Å²) in [7, 11) is 1.65. The molecule has 90 valence electrons. The van der Waals surface area contributed by atoms with E-state index >= 15 is 0 Å². The molecule has 0 radical (unpaired) electrons. The summed E-state index contributed by atoms with van der Waals surface area (Å²) in [5.41, 5.74) is 6.63. The van der Waals surface area contributed by atoms with Crippen LogP contribution in [0.2, 0.25) is 0 Å². The van der Waals surface area contributed by atoms with Crippen molar-refractivity contribution in [2.24, 2.45) is 5.73 Å². The molecular formula is C13H21NO2. The van der Waals surface area contributed by atoms with Gasteiger partial charge in [-0.1, -0.05) is 19.9 Å². The number of rotatable bonds is 6. The summed E-state index contributed by atoms with van der Waals surface area (Å²) in [6.45, 7) is 4.76. The Kier molecular flexibility index (Phi) is 5.12. The van der Waals surface area contributed by atoms with E-state index < -0.39 is 0 Å². The Morgan fingerprint density at radius 2 is 1.88 bits per heavy atom. The van der Waals surface area contributed by atoms with E-state index in [0.29, 0.717) is 6.54 Å². The molecule has 1 aromatic carbocycles. The van der Waals surface area contributed by atoms with Crippen molar-refractivity contribution in [1.29, 1.82) is 0 Å². The standard InChI is InChI=1S/C13H21NO2/c1-4-11(5-2)16-12-7-6-10(9-14)8-13(12)15-3/h6-8,11H,4-5,9,14H2,1-3H3. The average molecular weight is 223 g/mol. The van der Waals surface area contributed by atoms with Gasteiger partial charge in [0, 0.05) is 6.54 Å². The van der Waals surface area contributed by atoms with Gasteiger partial charge in [0.05, 0.1) is 13.2 Å². The van der Waals surface area contributed by atoms with Crippen LogP contribution in [0, 0.1) is 0 Å². The fraction of sp³-hybridized carbons (Fsp3) is 0.538. The largest absolute Gasteiger partial charge is 0.493 e. The van der Waals surface area contributed by atoms with Crippen LogP contribution in [0.3, 0.4) is 0 Å². The van der Waals surface area contributed by atoms with Crippen LogP contribution in [-0.4, -0.2) is 13.2 Å². The van der Waals surface area contributed by atoms with Crippen molar-refractivity contribution in [2.45, 2.75) is 39.3 Å². The normalized spacial score (nSPS) is 10.6. The maximum absolute atomic E-state index is 5.87. The lowest BCUT2D eigenvalue weighted by atomic mass is 10.2. The summed E-state index contributed by atoms with van der Waals surface area (Å²) in [6, 6.07) is 5.83. The third-order valence-electron chi connectivity index (χ3n) is 2.67. The molecule has 1 aromatic rings. The second-order valence-corrected chi connectivity index (χ2v) is 3.75. The second-order valence-electron chi connectivity index (χ2n) is 3.75. The van der Waals surface area contributed by atoms with Crippen molar-refractivity contribution in [3.8, 4) is 11.5 Å². The third-order valence-corrected chi connectivity index (χ3v) is 2.67. The average Bonchev–Trinajstić information content (AvgIpc) is 2.35. The van der Waals surface area contributed by atoms with Crippen LogP contribution in [-0.2, 0) is 6.54 Å². The summed E-state index contributed by atoms with van der Waals surface area (Å²) in [5, 5.41) is 0. The van der Waals surface area contributed by atoms with Gasteiger partial charge in [-0.25, -0.2) is 0 Å². The predicted octanol–water partition coefficient (Wildman–Crippen LogP) is 2.72. The van der Waals surface area contributed by atoms with Gasteiger partial charge < -0.3 is 15.2 Å². The molecule has 0 unspecified atom stereocenters. The fourth-order valence-electron chi connectivity index (χ4n) is 1.57. The highest BCUT2D eigenvalue weighted by atomic mass is 16.5. The Balaban J connectivity index is 2.86. The van der Waals surface area contributed by atoms with Crippen LogP contribution in [0.5, 0.6) is 11.5 Å². The third kappa shape index (κ3) is 3.14. The highest BCUT2D eigenvalue weighted by Gasteiger charge is 2.10. The Bertz CT molecular complexity index is 322. The second kappa shape index (κ2) is 6.38. The molecule has 0 atom stereocenters. The first-order chi connectivity index (χ1) is 7.74. The van der Waals surface area contributed by atoms with Gasteiger partial charge in [-0.3, -0.25) is 0 Å². The summed E-state index contributed by atoms with van der Waals surface area (Å²) in [4.78, 5) is 0. The number of hydrogen-bond donors (Lipinski definition) is 1. The van der Waals surface area contributed by atoms with E-state index in [1.165, 1.54) is 0 Å². The lowest BCUT2D eigenvalue weighted by molar-refractivity contribution is 0.185. The molecule has 0 heterocycles. The topological polar surface area (TPSA) is 44.5 Å². The Hall–Kier alpha value is -1.22. The molecule has 3 nitrogen and oxygen atoms in total. The number of ether oxygens (including phenoxy) is 2. The van der Waals surface area contributed by atoms with Crippen molar-refractivity contribution in [3.63, 3.8) is 0 Å². The molecular weight excluding hydrogens is 202 g/mol. The van der Waals surface area contributed by atoms with Crippen molar-refractivity contribution >= 4 is 0 Å². The predicted molar refractivity (Wildman–Crippen MR) is 65.9 cm³/mol. The first-order valence-electron chi connectivity index (χ1n) is 5.78. The van der Waals surface area contributed by atoms with Gasteiger partial charge in [-0.05, 0) is 30.5 Å². The van der Waals surface area contributed by atoms with Crippen molar-refractivity contribution in [1.82, 2.24) is 0 Å². The Morgan fingerprint density at radius 3 is 2.38 bits per heavy atom. The number of nitrogens with two attached hydrogens (primary N) is 1. The number of hydrogen-bond acceptors (Lipinski definition) is 3. The minimum atomic E-state index is 0.248. The maximum Gasteiger partial charge on any atom is 0.161 e. The smallest absolute Gasteiger partial charge is 0.161 e. The molecule has 0 aliphatic rings. The first-order valence-corrected chi connectivity index (χ1v) is 5.78. The van der Waals surface area contributed by atoms with Crippen LogP contribution in [0.4, 0.5) is 0 Å². The van der Waals surface area contributed by atoms with Gasteiger partial charge in [0.1, 0.15) is 0 Å². The van der Waals surface area contributed by atoms with Crippen LogP contribution >= 0.6 is 0 Å². The lowest BCUT2D eigenvalue weighted by Crippen LogP contribution is -2.14. The zero-order chi connectivity index (χ0) is 12.0. The van der Waals surface area contributed by atoms with Gasteiger partial charge in [0.15, 0.2) is 11.5 Å². The monoisotopic (exact) mass is 223 g/mol. The SMILES string of the molecule is CCC(CC)Oc1ccc(CN)cc1OC. The molecule has 16 heavy (non-hydrogen) atoms. The van der Waals surface area contributed by atoms with E-state index in [0.717, 1.165) is 29.9 Å². The van der Waals surface area contributed by atoms with Crippen LogP contribution < -0.4 is 15.2 Å². The molecule has 0 fully saturated rings. The number of methoxy groups -OCH3 is 1. The van der Waals surface area contributed by atoms with E-state index in [-0.39, 0.29) is 6.10 Å². The van der Waals surface area contributed by atoms with Crippen LogP contribution in [0.1, 0.15) is 32.3 Å². The molecule has 0 saturated heterocycles. The molecule has 1 rings (SSSR count). The molecule has 0 aliphatic carbocycles. The molecule has 0 aliphatic heterocycles. The molecule has 0 aromatic heterocycles. The molecule has 3 heteroatoms. The minimum Gasteiger partial charge on any atom is -0.493 e. The Morgan fingerprint density at radius 1 is 1.19 bits per heavy atom. The van der Waals surface area contributed by atoms with Crippen LogP contribution in [0.25, 0.3) is 0 Å². The maximum atomic E-state index is 5.87. The highest BCUT2D eigenvalue weighted by molar-refractivity contribution is 5.43. The summed E-state index contributed by atoms with van der Waals surface area (Å²) in [6.07, 6.45) is 2.24. The van der Waals surface area contributed by atoms with Gasteiger partial charge in [0.25, 0.3) is 0 Å². The van der Waals surface area contributed by atoms with E-state index in [1.54, 1.807) is 7.11 Å². The summed E-state index contributed by atoms with van der Waals surface area (Å²) < 4.78 is 11.2. The zero-order valence-corrected chi connectivity index (χ0v) is 10.3. The van der Waals surface area contributed by atoms with Crippen LogP contribution in [0.15, 0.2) is 18.2 Å². The first kappa shape index (κ1) is 12.8. The highest BCUT2D eigenvalue weighted by Crippen LogP contribution is 2.29. The molecule has 0 spiro atoms. The van der Waals surface area contributed by atoms with Gasteiger partial charge >= 0.3 is 0 Å². The molecule has 0 saturated carbocycles. The fourth-order valence-corrected chi connectivity index (χ4v) is 1.57. The van der Waals surface area contributed by atoms with Crippen molar-refractivity contribution in [3.05, 3.63) is 23.8 Å². The quantitative estimate of drug-likeness (QED) is 0.806. The van der Waals surface area contributed by atoms with E-state index in [9.17, 15) is 0 Å². The minimum absolute atomic E-state index is 0.248. The van der Waals surface area contributed by atoms with Gasteiger partial charge in [0.2, 0.25) is 0 Å². The van der Waals surface area contributed by atoms with E-state index in [4.69, 9.17) is 15.2 Å². The van der Waals surface area contributed by atoms with Crippen molar-refractivity contribution < 1.29 is 9.47 Å².